The van der Waals surface area contributed by atoms with Crippen LogP contribution in [0.2, 0.25) is 0 Å². The van der Waals surface area contributed by atoms with Crippen LogP contribution in [-0.4, -0.2) is 29.6 Å². The molecular formula is C14H24N2O. The van der Waals surface area contributed by atoms with E-state index in [0.29, 0.717) is 18.0 Å². The molecule has 2 fully saturated rings. The largest absolute Gasteiger partial charge is 0.338 e. The van der Waals surface area contributed by atoms with Crippen LogP contribution in [0.5, 0.6) is 0 Å². The average Bonchev–Trinajstić information content (AvgIpc) is 2.57. The van der Waals surface area contributed by atoms with Crippen molar-refractivity contribution in [2.75, 3.05) is 6.54 Å². The van der Waals surface area contributed by atoms with Crippen molar-refractivity contribution in [3.8, 4) is 0 Å². The number of nitrogens with zero attached hydrogens (tertiary/aromatic N) is 1. The second kappa shape index (κ2) is 5.11. The predicted octanol–water partition coefficient (Wildman–Crippen LogP) is 2.93. The van der Waals surface area contributed by atoms with Crippen LogP contribution in [-0.2, 0) is 0 Å². The van der Waals surface area contributed by atoms with Gasteiger partial charge < -0.3 is 10.2 Å². The van der Waals surface area contributed by atoms with E-state index in [1.54, 1.807) is 0 Å². The number of hydrogen-bond acceptors (Lipinski definition) is 1. The van der Waals surface area contributed by atoms with Gasteiger partial charge in [0.25, 0.3) is 0 Å². The normalized spacial score (nSPS) is 27.5. The van der Waals surface area contributed by atoms with Crippen molar-refractivity contribution in [3.63, 3.8) is 0 Å². The summed E-state index contributed by atoms with van der Waals surface area (Å²) in [6.07, 6.45) is 6.76. The van der Waals surface area contributed by atoms with Crippen LogP contribution in [0.1, 0.15) is 46.5 Å². The third-order valence-electron chi connectivity index (χ3n) is 3.92. The van der Waals surface area contributed by atoms with Crippen molar-refractivity contribution >= 4 is 6.03 Å². The van der Waals surface area contributed by atoms with Crippen LogP contribution in [0, 0.1) is 5.92 Å². The SMILES string of the molecule is CC=C1CC2CCC(C1)N2C(=O)NCC(C)C. The fraction of sp³-hybridized carbons (Fsp3) is 0.786. The van der Waals surface area contributed by atoms with Crippen LogP contribution in [0.4, 0.5) is 4.79 Å². The highest BCUT2D eigenvalue weighted by atomic mass is 16.2. The summed E-state index contributed by atoms with van der Waals surface area (Å²) in [6.45, 7) is 7.15. The van der Waals surface area contributed by atoms with E-state index in [0.717, 1.165) is 19.4 Å². The lowest BCUT2D eigenvalue weighted by Crippen LogP contribution is -2.50. The van der Waals surface area contributed by atoms with Gasteiger partial charge >= 0.3 is 6.03 Å². The standard InChI is InChI=1S/C14H24N2O/c1-4-11-7-12-5-6-13(8-11)16(12)14(17)15-9-10(2)3/h4,10,12-13H,5-9H2,1-3H3,(H,15,17). The van der Waals surface area contributed by atoms with Gasteiger partial charge in [0.1, 0.15) is 0 Å². The number of rotatable bonds is 2. The third kappa shape index (κ3) is 2.64. The number of hydrogen-bond donors (Lipinski definition) is 1. The van der Waals surface area contributed by atoms with Crippen LogP contribution >= 0.6 is 0 Å². The summed E-state index contributed by atoms with van der Waals surface area (Å²) in [5, 5.41) is 3.05. The Labute approximate surface area is 104 Å². The van der Waals surface area contributed by atoms with Crippen molar-refractivity contribution in [2.24, 2.45) is 5.92 Å². The van der Waals surface area contributed by atoms with Gasteiger partial charge in [-0.25, -0.2) is 4.79 Å². The zero-order valence-electron chi connectivity index (χ0n) is 11.2. The summed E-state index contributed by atoms with van der Waals surface area (Å²) < 4.78 is 0. The lowest BCUT2D eigenvalue weighted by atomic mass is 9.97. The van der Waals surface area contributed by atoms with Crippen molar-refractivity contribution in [2.45, 2.75) is 58.5 Å². The zero-order valence-corrected chi connectivity index (χ0v) is 11.2. The molecule has 1 N–H and O–H groups in total. The molecule has 0 radical (unpaired) electrons. The molecule has 2 bridgehead atoms. The molecule has 2 atom stereocenters. The van der Waals surface area contributed by atoms with E-state index in [2.05, 4.69) is 37.1 Å². The Morgan fingerprint density at radius 2 is 2.00 bits per heavy atom. The number of allylic oxidation sites excluding steroid dienone is 1. The molecule has 2 aliphatic heterocycles. The molecule has 2 heterocycles. The number of urea groups is 1. The van der Waals surface area contributed by atoms with E-state index in [9.17, 15) is 4.79 Å². The van der Waals surface area contributed by atoms with Gasteiger partial charge in [0, 0.05) is 18.6 Å². The minimum atomic E-state index is 0.154. The molecule has 0 aromatic heterocycles. The summed E-state index contributed by atoms with van der Waals surface area (Å²) in [7, 11) is 0. The molecule has 0 aromatic rings. The summed E-state index contributed by atoms with van der Waals surface area (Å²) in [4.78, 5) is 14.3. The molecule has 3 heteroatoms. The summed E-state index contributed by atoms with van der Waals surface area (Å²) in [6, 6.07) is 1.06. The molecule has 2 rings (SSSR count). The van der Waals surface area contributed by atoms with Gasteiger partial charge in [-0.05, 0) is 38.5 Å². The monoisotopic (exact) mass is 236 g/mol. The van der Waals surface area contributed by atoms with Crippen LogP contribution < -0.4 is 5.32 Å². The average molecular weight is 236 g/mol. The quantitative estimate of drug-likeness (QED) is 0.735. The van der Waals surface area contributed by atoms with Crippen molar-refractivity contribution in [3.05, 3.63) is 11.6 Å². The maximum absolute atomic E-state index is 12.2. The maximum atomic E-state index is 12.2. The number of carbonyl (C=O) groups excluding carboxylic acids is 1. The first-order valence-electron chi connectivity index (χ1n) is 6.82. The van der Waals surface area contributed by atoms with Crippen LogP contribution in [0.3, 0.4) is 0 Å². The fourth-order valence-electron chi connectivity index (χ4n) is 3.00. The second-order valence-corrected chi connectivity index (χ2v) is 5.73. The number of fused-ring (bicyclic) bond motifs is 2. The topological polar surface area (TPSA) is 32.3 Å². The molecule has 3 nitrogen and oxygen atoms in total. The first kappa shape index (κ1) is 12.5. The molecule has 2 amide bonds. The molecule has 96 valence electrons. The number of carbonyl (C=O) groups is 1. The smallest absolute Gasteiger partial charge is 0.317 e. The van der Waals surface area contributed by atoms with Gasteiger partial charge in [-0.15, -0.1) is 0 Å². The van der Waals surface area contributed by atoms with Crippen molar-refractivity contribution < 1.29 is 4.79 Å². The van der Waals surface area contributed by atoms with E-state index >= 15 is 0 Å². The first-order chi connectivity index (χ1) is 8.11. The summed E-state index contributed by atoms with van der Waals surface area (Å²) in [5.74, 6) is 0.521. The molecule has 0 saturated carbocycles. The van der Waals surface area contributed by atoms with Gasteiger partial charge in [-0.3, -0.25) is 0 Å². The predicted molar refractivity (Wildman–Crippen MR) is 69.9 cm³/mol. The molecule has 2 saturated heterocycles. The van der Waals surface area contributed by atoms with Crippen molar-refractivity contribution in [1.82, 2.24) is 10.2 Å². The lowest BCUT2D eigenvalue weighted by molar-refractivity contribution is 0.160. The fourth-order valence-corrected chi connectivity index (χ4v) is 3.00. The lowest BCUT2D eigenvalue weighted by Gasteiger charge is -2.36. The zero-order chi connectivity index (χ0) is 12.4. The highest BCUT2D eigenvalue weighted by molar-refractivity contribution is 5.75. The Balaban J connectivity index is 1.96. The van der Waals surface area contributed by atoms with E-state index in [1.807, 2.05) is 0 Å². The molecule has 2 aliphatic rings. The summed E-state index contributed by atoms with van der Waals surface area (Å²) >= 11 is 0. The van der Waals surface area contributed by atoms with Gasteiger partial charge in [-0.1, -0.05) is 25.5 Å². The molecule has 0 aliphatic carbocycles. The van der Waals surface area contributed by atoms with Gasteiger partial charge in [0.05, 0.1) is 0 Å². The number of amides is 2. The Bertz CT molecular complexity index is 306. The molecule has 2 unspecified atom stereocenters. The minimum Gasteiger partial charge on any atom is -0.338 e. The Morgan fingerprint density at radius 1 is 1.41 bits per heavy atom. The second-order valence-electron chi connectivity index (χ2n) is 5.73. The van der Waals surface area contributed by atoms with E-state index < -0.39 is 0 Å². The van der Waals surface area contributed by atoms with Crippen molar-refractivity contribution in [1.29, 1.82) is 0 Å². The Hall–Kier alpha value is -0.990. The first-order valence-corrected chi connectivity index (χ1v) is 6.82. The number of nitrogens with one attached hydrogen (secondary N) is 1. The summed E-state index contributed by atoms with van der Waals surface area (Å²) in [5.41, 5.74) is 1.53. The van der Waals surface area contributed by atoms with Crippen LogP contribution in [0.15, 0.2) is 11.6 Å². The Morgan fingerprint density at radius 3 is 2.47 bits per heavy atom. The van der Waals surface area contributed by atoms with Gasteiger partial charge in [0.2, 0.25) is 0 Å². The minimum absolute atomic E-state index is 0.154. The van der Waals surface area contributed by atoms with Crippen LogP contribution in [0.25, 0.3) is 0 Å². The third-order valence-corrected chi connectivity index (χ3v) is 3.92. The Kier molecular flexibility index (Phi) is 3.75. The molecule has 0 aromatic carbocycles. The van der Waals surface area contributed by atoms with E-state index in [4.69, 9.17) is 0 Å². The van der Waals surface area contributed by atoms with Gasteiger partial charge in [0.15, 0.2) is 0 Å². The van der Waals surface area contributed by atoms with E-state index in [-0.39, 0.29) is 6.03 Å². The van der Waals surface area contributed by atoms with E-state index in [1.165, 1.54) is 18.4 Å². The molecule has 17 heavy (non-hydrogen) atoms. The van der Waals surface area contributed by atoms with Gasteiger partial charge in [-0.2, -0.15) is 0 Å². The molecular weight excluding hydrogens is 212 g/mol. The molecule has 0 spiro atoms. The maximum Gasteiger partial charge on any atom is 0.317 e. The number of piperidine rings is 1. The highest BCUT2D eigenvalue weighted by Gasteiger charge is 2.40. The highest BCUT2D eigenvalue weighted by Crippen LogP contribution is 2.38.